The molecule has 7 N–H and O–H groups in total. The molecule has 0 radical (unpaired) electrons. The van der Waals surface area contributed by atoms with Gasteiger partial charge in [0, 0.05) is 13.1 Å². The van der Waals surface area contributed by atoms with E-state index in [0.29, 0.717) is 5.56 Å². The van der Waals surface area contributed by atoms with E-state index in [-0.39, 0.29) is 52.3 Å². The Morgan fingerprint density at radius 3 is 2.31 bits per heavy atom. The fourth-order valence-electron chi connectivity index (χ4n) is 3.02. The number of nitrogens with one attached hydrogen (secondary N) is 1. The zero-order valence-electron chi connectivity index (χ0n) is 18.0. The lowest BCUT2D eigenvalue weighted by molar-refractivity contribution is -0.485. The maximum atomic E-state index is 13.6. The van der Waals surface area contributed by atoms with E-state index in [4.69, 9.17) is 34.7 Å². The van der Waals surface area contributed by atoms with Crippen LogP contribution in [0.2, 0.25) is 10.0 Å². The predicted molar refractivity (Wildman–Crippen MR) is 129 cm³/mol. The van der Waals surface area contributed by atoms with Crippen LogP contribution in [-0.2, 0) is 21.4 Å². The number of guanidine groups is 1. The number of phenolic OH excluding ortho intramolecular Hbond substituents is 1. The highest BCUT2D eigenvalue weighted by molar-refractivity contribution is 7.89. The van der Waals surface area contributed by atoms with E-state index < -0.39 is 33.0 Å². The number of sulfonamides is 1. The number of hydrazone groups is 1. The third kappa shape index (κ3) is 7.58. The Morgan fingerprint density at radius 2 is 1.80 bits per heavy atom. The summed E-state index contributed by atoms with van der Waals surface area (Å²) in [4.78, 5) is 22.1. The lowest BCUT2D eigenvalue weighted by Crippen LogP contribution is -2.45. The predicted octanol–water partition coefficient (Wildman–Crippen LogP) is 1.80. The van der Waals surface area contributed by atoms with Crippen molar-refractivity contribution in [2.75, 3.05) is 12.3 Å². The first-order chi connectivity index (χ1) is 16.3. The average Bonchev–Trinajstić information content (AvgIpc) is 2.76. The third-order valence-corrected chi connectivity index (χ3v) is 7.17. The number of anilines is 1. The quantitative estimate of drug-likeness (QED) is 0.0684. The molecule has 0 saturated carbocycles. The fraction of sp³-hybridized carbons (Fsp3) is 0.263. The Morgan fingerprint density at radius 1 is 1.23 bits per heavy atom. The minimum Gasteiger partial charge on any atom is -0.508 e. The number of aliphatic carboxylic acids is 1. The number of halogens is 2. The van der Waals surface area contributed by atoms with Crippen molar-refractivity contribution in [3.05, 3.63) is 62.1 Å². The molecule has 0 heterocycles. The van der Waals surface area contributed by atoms with Crippen molar-refractivity contribution in [1.29, 1.82) is 0 Å². The van der Waals surface area contributed by atoms with Crippen LogP contribution >= 0.6 is 23.2 Å². The van der Waals surface area contributed by atoms with Gasteiger partial charge in [0.25, 0.3) is 5.96 Å². The molecule has 0 fully saturated rings. The van der Waals surface area contributed by atoms with Gasteiger partial charge in [-0.15, -0.1) is 0 Å². The second kappa shape index (κ2) is 11.9. The molecule has 0 aliphatic carbocycles. The molecule has 190 valence electrons. The first-order valence-electron chi connectivity index (χ1n) is 9.82. The normalized spacial score (nSPS) is 12.9. The Bertz CT molecular complexity index is 1200. The lowest BCUT2D eigenvalue weighted by atomic mass is 10.1. The molecule has 13 nitrogen and oxygen atoms in total. The lowest BCUT2D eigenvalue weighted by Gasteiger charge is -2.28. The number of nitrogens with zero attached hydrogens (tertiary/aromatic N) is 3. The topological polar surface area (TPSA) is 214 Å². The van der Waals surface area contributed by atoms with Crippen molar-refractivity contribution >= 4 is 50.8 Å². The van der Waals surface area contributed by atoms with Crippen LogP contribution in [0, 0.1) is 10.1 Å². The Balaban J connectivity index is 2.41. The number of nitrogen functional groups attached to an aromatic ring is 1. The van der Waals surface area contributed by atoms with E-state index in [9.17, 15) is 33.5 Å². The summed E-state index contributed by atoms with van der Waals surface area (Å²) in [5.41, 5.74) is 11.4. The fourth-order valence-corrected chi connectivity index (χ4v) is 5.29. The van der Waals surface area contributed by atoms with Gasteiger partial charge in [0.15, 0.2) is 5.03 Å². The number of carboxylic acid groups (broad SMARTS) is 1. The van der Waals surface area contributed by atoms with Gasteiger partial charge in [0.1, 0.15) is 16.9 Å². The van der Waals surface area contributed by atoms with Gasteiger partial charge in [-0.25, -0.2) is 18.5 Å². The highest BCUT2D eigenvalue weighted by Gasteiger charge is 2.36. The van der Waals surface area contributed by atoms with Gasteiger partial charge in [0.2, 0.25) is 10.0 Å². The molecule has 0 saturated heterocycles. The molecule has 0 spiro atoms. The second-order valence-corrected chi connectivity index (χ2v) is 9.87. The number of rotatable bonds is 11. The summed E-state index contributed by atoms with van der Waals surface area (Å²) in [6.07, 6.45) is -0.127. The van der Waals surface area contributed by atoms with Crippen molar-refractivity contribution in [3.63, 3.8) is 0 Å². The minimum absolute atomic E-state index is 0.0143. The monoisotopic (exact) mass is 548 g/mol. The number of nitrogens with two attached hydrogens (primary N) is 2. The molecule has 2 aromatic rings. The number of hydrogen-bond acceptors (Lipinski definition) is 7. The van der Waals surface area contributed by atoms with Gasteiger partial charge >= 0.3 is 5.97 Å². The summed E-state index contributed by atoms with van der Waals surface area (Å²) in [7, 11) is -4.48. The SMILES string of the molecule is NC(=N[N+](=O)[O-])NCCC[C@H](C(=O)O)N(Cc1ccc(O)cc1)S(=O)(=O)c1cc(Cl)c(N)c(Cl)c1. The Labute approximate surface area is 210 Å². The number of hydrogen-bond donors (Lipinski definition) is 5. The van der Waals surface area contributed by atoms with Gasteiger partial charge in [-0.05, 0) is 42.7 Å². The van der Waals surface area contributed by atoms with Crippen molar-refractivity contribution in [2.45, 2.75) is 30.3 Å². The molecular weight excluding hydrogens is 527 g/mol. The number of carbonyl (C=O) groups is 1. The molecule has 0 aromatic heterocycles. The zero-order chi connectivity index (χ0) is 26.3. The van der Waals surface area contributed by atoms with Crippen LogP contribution in [0.3, 0.4) is 0 Å². The van der Waals surface area contributed by atoms with Gasteiger partial charge in [0.05, 0.1) is 20.6 Å². The molecule has 0 unspecified atom stereocenters. The standard InChI is InChI=1S/C19H22Cl2N6O7S/c20-14-8-13(9-15(21)17(14)22)35(33,34)26(10-11-3-5-12(28)6-4-11)16(18(29)30)2-1-7-24-19(23)25-27(31)32/h3-6,8-9,16,28H,1-2,7,10,22H2,(H,29,30)(H3,23,24,25)/t16-/m1/s1. The van der Waals surface area contributed by atoms with Crippen LogP contribution in [0.15, 0.2) is 46.4 Å². The first kappa shape index (κ1) is 27.9. The summed E-state index contributed by atoms with van der Waals surface area (Å²) < 4.78 is 27.9. The maximum absolute atomic E-state index is 13.6. The van der Waals surface area contributed by atoms with E-state index >= 15 is 0 Å². The Hall–Kier alpha value is -3.33. The summed E-state index contributed by atoms with van der Waals surface area (Å²) in [5.74, 6) is -1.98. The highest BCUT2D eigenvalue weighted by Crippen LogP contribution is 2.33. The molecule has 2 aromatic carbocycles. The molecular formula is C19H22Cl2N6O7S. The largest absolute Gasteiger partial charge is 0.508 e. The molecule has 0 bridgehead atoms. The number of phenols is 1. The van der Waals surface area contributed by atoms with Crippen molar-refractivity contribution in [2.24, 2.45) is 10.8 Å². The molecule has 35 heavy (non-hydrogen) atoms. The summed E-state index contributed by atoms with van der Waals surface area (Å²) in [6.45, 7) is -0.378. The van der Waals surface area contributed by atoms with Crippen molar-refractivity contribution < 1.29 is 28.5 Å². The smallest absolute Gasteiger partial charge is 0.322 e. The number of benzene rings is 2. The number of carboxylic acids is 1. The third-order valence-electron chi connectivity index (χ3n) is 4.72. The second-order valence-electron chi connectivity index (χ2n) is 7.16. The molecule has 0 aliphatic heterocycles. The van der Waals surface area contributed by atoms with E-state index in [1.807, 2.05) is 0 Å². The van der Waals surface area contributed by atoms with Crippen LogP contribution in [0.1, 0.15) is 18.4 Å². The van der Waals surface area contributed by atoms with E-state index in [2.05, 4.69) is 10.4 Å². The molecule has 0 amide bonds. The highest BCUT2D eigenvalue weighted by atomic mass is 35.5. The molecule has 16 heteroatoms. The Kier molecular flexibility index (Phi) is 9.47. The number of aromatic hydroxyl groups is 1. The van der Waals surface area contributed by atoms with E-state index in [0.717, 1.165) is 16.4 Å². The van der Waals surface area contributed by atoms with E-state index in [1.165, 1.54) is 24.3 Å². The van der Waals surface area contributed by atoms with Gasteiger partial charge in [-0.1, -0.05) is 35.3 Å². The average molecular weight is 549 g/mol. The summed E-state index contributed by atoms with van der Waals surface area (Å²) in [6, 6.07) is 6.11. The van der Waals surface area contributed by atoms with Gasteiger partial charge in [-0.3, -0.25) is 4.79 Å². The van der Waals surface area contributed by atoms with Crippen LogP contribution in [0.5, 0.6) is 5.75 Å². The van der Waals surface area contributed by atoms with E-state index in [1.54, 1.807) is 0 Å². The van der Waals surface area contributed by atoms with Crippen molar-refractivity contribution in [3.8, 4) is 5.75 Å². The maximum Gasteiger partial charge on any atom is 0.322 e. The van der Waals surface area contributed by atoms with Crippen LogP contribution in [-0.4, -0.2) is 52.5 Å². The molecule has 0 aliphatic rings. The van der Waals surface area contributed by atoms with Gasteiger partial charge < -0.3 is 27.0 Å². The van der Waals surface area contributed by atoms with Crippen molar-refractivity contribution in [1.82, 2.24) is 9.62 Å². The summed E-state index contributed by atoms with van der Waals surface area (Å²) in [5, 5.41) is 33.8. The zero-order valence-corrected chi connectivity index (χ0v) is 20.3. The van der Waals surface area contributed by atoms with Crippen LogP contribution < -0.4 is 16.8 Å². The first-order valence-corrected chi connectivity index (χ1v) is 12.0. The summed E-state index contributed by atoms with van der Waals surface area (Å²) >= 11 is 12.0. The minimum atomic E-state index is -4.48. The van der Waals surface area contributed by atoms with Gasteiger partial charge in [-0.2, -0.15) is 4.31 Å². The molecule has 2 rings (SSSR count). The van der Waals surface area contributed by atoms with Crippen LogP contribution in [0.4, 0.5) is 5.69 Å². The van der Waals surface area contributed by atoms with Crippen LogP contribution in [0.25, 0.3) is 0 Å². The molecule has 1 atom stereocenters. The number of nitro groups is 1.